The average molecular weight is 327 g/mol. The highest BCUT2D eigenvalue weighted by Gasteiger charge is 2.17. The van der Waals surface area contributed by atoms with Crippen molar-refractivity contribution in [2.75, 3.05) is 25.0 Å². The third kappa shape index (κ3) is 4.02. The molecule has 1 aliphatic heterocycles. The number of carbonyl (C=O) groups excluding carboxylic acids is 1. The van der Waals surface area contributed by atoms with Crippen LogP contribution in [0, 0.1) is 0 Å². The predicted molar refractivity (Wildman–Crippen MR) is 92.4 cm³/mol. The Morgan fingerprint density at radius 3 is 2.67 bits per heavy atom. The van der Waals surface area contributed by atoms with Crippen LogP contribution in [-0.4, -0.2) is 30.2 Å². The molecule has 0 spiro atoms. The van der Waals surface area contributed by atoms with Crippen molar-refractivity contribution in [3.63, 3.8) is 0 Å². The van der Waals surface area contributed by atoms with Crippen molar-refractivity contribution in [1.29, 1.82) is 0 Å². The van der Waals surface area contributed by atoms with Crippen LogP contribution in [0.3, 0.4) is 0 Å². The van der Waals surface area contributed by atoms with E-state index in [2.05, 4.69) is 10.6 Å². The molecule has 1 aromatic carbocycles. The van der Waals surface area contributed by atoms with E-state index in [1.165, 1.54) is 0 Å². The van der Waals surface area contributed by atoms with Gasteiger partial charge in [-0.15, -0.1) is 0 Å². The van der Waals surface area contributed by atoms with Crippen LogP contribution >= 0.6 is 0 Å². The maximum Gasteiger partial charge on any atom is 0.293 e. The summed E-state index contributed by atoms with van der Waals surface area (Å²) in [4.78, 5) is 24.5. The van der Waals surface area contributed by atoms with Crippen molar-refractivity contribution in [2.24, 2.45) is 0 Å². The number of benzene rings is 1. The Morgan fingerprint density at radius 2 is 1.92 bits per heavy atom. The molecule has 0 radical (unpaired) electrons. The highest BCUT2D eigenvalue weighted by atomic mass is 16.5. The molecular weight excluding hydrogens is 306 g/mol. The molecule has 1 saturated heterocycles. The largest absolute Gasteiger partial charge is 0.478 e. The minimum Gasteiger partial charge on any atom is -0.478 e. The van der Waals surface area contributed by atoms with E-state index in [4.69, 9.17) is 4.74 Å². The summed E-state index contributed by atoms with van der Waals surface area (Å²) >= 11 is 0. The van der Waals surface area contributed by atoms with Gasteiger partial charge in [0.05, 0.1) is 0 Å². The zero-order valence-corrected chi connectivity index (χ0v) is 13.4. The van der Waals surface area contributed by atoms with Gasteiger partial charge in [-0.3, -0.25) is 9.59 Å². The van der Waals surface area contributed by atoms with Gasteiger partial charge < -0.3 is 19.9 Å². The number of carbonyl (C=O) groups is 1. The molecule has 0 aliphatic carbocycles. The molecule has 0 bridgehead atoms. The molecule has 2 N–H and O–H groups in total. The quantitative estimate of drug-likeness (QED) is 0.878. The molecule has 3 rings (SSSR count). The van der Waals surface area contributed by atoms with Crippen LogP contribution in [0.4, 0.5) is 5.69 Å². The van der Waals surface area contributed by atoms with Crippen molar-refractivity contribution < 1.29 is 9.53 Å². The summed E-state index contributed by atoms with van der Waals surface area (Å²) in [5, 5.41) is 6.01. The Kier molecular flexibility index (Phi) is 5.28. The number of hydrogen-bond donors (Lipinski definition) is 2. The highest BCUT2D eigenvalue weighted by Crippen LogP contribution is 2.17. The Balaban J connectivity index is 1.63. The van der Waals surface area contributed by atoms with Gasteiger partial charge in [-0.2, -0.15) is 0 Å². The first kappa shape index (κ1) is 16.3. The first-order valence-electron chi connectivity index (χ1n) is 8.13. The predicted octanol–water partition coefficient (Wildman–Crippen LogP) is 1.79. The van der Waals surface area contributed by atoms with Crippen LogP contribution in [0.1, 0.15) is 18.9 Å². The third-order valence-electron chi connectivity index (χ3n) is 4.06. The third-order valence-corrected chi connectivity index (χ3v) is 4.06. The van der Waals surface area contributed by atoms with E-state index in [1.54, 1.807) is 35.0 Å². The number of para-hydroxylation sites is 1. The SMILES string of the molecule is O=C(COc1cccn(C2CCNCC2)c1=O)Nc1ccccc1. The van der Waals surface area contributed by atoms with Gasteiger partial charge in [-0.05, 0) is 50.2 Å². The van der Waals surface area contributed by atoms with E-state index in [9.17, 15) is 9.59 Å². The standard InChI is InChI=1S/C18H21N3O3/c22-17(20-14-5-2-1-3-6-14)13-24-16-7-4-12-21(18(16)23)15-8-10-19-11-9-15/h1-7,12,15,19H,8-11,13H2,(H,20,22). The number of rotatable bonds is 5. The number of aromatic nitrogens is 1. The molecule has 24 heavy (non-hydrogen) atoms. The lowest BCUT2D eigenvalue weighted by molar-refractivity contribution is -0.118. The summed E-state index contributed by atoms with van der Waals surface area (Å²) < 4.78 is 7.15. The molecule has 2 aromatic rings. The summed E-state index contributed by atoms with van der Waals surface area (Å²) in [6.45, 7) is 1.61. The van der Waals surface area contributed by atoms with Crippen LogP contribution in [0.2, 0.25) is 0 Å². The molecule has 1 fully saturated rings. The molecule has 0 unspecified atom stereocenters. The van der Waals surface area contributed by atoms with E-state index in [-0.39, 0.29) is 29.9 Å². The van der Waals surface area contributed by atoms with Crippen molar-refractivity contribution in [3.8, 4) is 5.75 Å². The van der Waals surface area contributed by atoms with Gasteiger partial charge in [0.25, 0.3) is 11.5 Å². The van der Waals surface area contributed by atoms with E-state index in [1.807, 2.05) is 18.2 Å². The number of amides is 1. The number of nitrogens with zero attached hydrogens (tertiary/aromatic N) is 1. The lowest BCUT2D eigenvalue weighted by Gasteiger charge is -2.25. The Bertz CT molecular complexity index is 737. The summed E-state index contributed by atoms with van der Waals surface area (Å²) in [5.74, 6) is -0.0860. The number of pyridine rings is 1. The zero-order chi connectivity index (χ0) is 16.8. The first-order chi connectivity index (χ1) is 11.7. The van der Waals surface area contributed by atoms with Gasteiger partial charge in [0.15, 0.2) is 12.4 Å². The first-order valence-corrected chi connectivity index (χ1v) is 8.13. The molecule has 2 heterocycles. The summed E-state index contributed by atoms with van der Waals surface area (Å²) in [6, 6.07) is 12.7. The Morgan fingerprint density at radius 1 is 1.17 bits per heavy atom. The number of ether oxygens (including phenoxy) is 1. The van der Waals surface area contributed by atoms with Crippen molar-refractivity contribution >= 4 is 11.6 Å². The minimum atomic E-state index is -0.294. The lowest BCUT2D eigenvalue weighted by atomic mass is 10.1. The monoisotopic (exact) mass is 327 g/mol. The number of hydrogen-bond acceptors (Lipinski definition) is 4. The Labute approximate surface area is 140 Å². The Hall–Kier alpha value is -2.60. The average Bonchev–Trinajstić information content (AvgIpc) is 2.62. The second-order valence-electron chi connectivity index (χ2n) is 5.77. The van der Waals surface area contributed by atoms with Gasteiger partial charge in [0.1, 0.15) is 0 Å². The summed E-state index contributed by atoms with van der Waals surface area (Å²) in [6.07, 6.45) is 3.62. The fourth-order valence-corrected chi connectivity index (χ4v) is 2.83. The van der Waals surface area contributed by atoms with Crippen molar-refractivity contribution in [2.45, 2.75) is 18.9 Å². The molecule has 6 nitrogen and oxygen atoms in total. The lowest BCUT2D eigenvalue weighted by Crippen LogP contribution is -2.34. The van der Waals surface area contributed by atoms with Crippen LogP contribution in [0.25, 0.3) is 0 Å². The fourth-order valence-electron chi connectivity index (χ4n) is 2.83. The van der Waals surface area contributed by atoms with Crippen LogP contribution in [-0.2, 0) is 4.79 Å². The molecule has 0 saturated carbocycles. The van der Waals surface area contributed by atoms with E-state index < -0.39 is 0 Å². The van der Waals surface area contributed by atoms with Gasteiger partial charge in [-0.25, -0.2) is 0 Å². The van der Waals surface area contributed by atoms with Gasteiger partial charge >= 0.3 is 0 Å². The maximum absolute atomic E-state index is 12.5. The van der Waals surface area contributed by atoms with Crippen LogP contribution in [0.15, 0.2) is 53.5 Å². The maximum atomic E-state index is 12.5. The molecule has 6 heteroatoms. The van der Waals surface area contributed by atoms with Crippen LogP contribution in [0.5, 0.6) is 5.75 Å². The molecule has 126 valence electrons. The molecule has 0 atom stereocenters. The minimum absolute atomic E-state index is 0.181. The van der Waals surface area contributed by atoms with Crippen LogP contribution < -0.4 is 20.9 Å². The summed E-state index contributed by atoms with van der Waals surface area (Å²) in [7, 11) is 0. The number of piperidine rings is 1. The van der Waals surface area contributed by atoms with Crippen molar-refractivity contribution in [3.05, 3.63) is 59.0 Å². The van der Waals surface area contributed by atoms with Gasteiger partial charge in [-0.1, -0.05) is 18.2 Å². The fraction of sp³-hybridized carbons (Fsp3) is 0.333. The molecule has 1 amide bonds. The smallest absolute Gasteiger partial charge is 0.293 e. The number of nitrogens with one attached hydrogen (secondary N) is 2. The van der Waals surface area contributed by atoms with Gasteiger partial charge in [0, 0.05) is 17.9 Å². The normalized spacial score (nSPS) is 15.0. The zero-order valence-electron chi connectivity index (χ0n) is 13.4. The molecule has 1 aromatic heterocycles. The summed E-state index contributed by atoms with van der Waals surface area (Å²) in [5.41, 5.74) is 0.517. The van der Waals surface area contributed by atoms with Crippen molar-refractivity contribution in [1.82, 2.24) is 9.88 Å². The molecule has 1 aliphatic rings. The van der Waals surface area contributed by atoms with E-state index in [0.717, 1.165) is 25.9 Å². The second kappa shape index (κ2) is 7.79. The van der Waals surface area contributed by atoms with Gasteiger partial charge in [0.2, 0.25) is 0 Å². The number of anilines is 1. The van der Waals surface area contributed by atoms with E-state index >= 15 is 0 Å². The second-order valence-corrected chi connectivity index (χ2v) is 5.77. The molecular formula is C18H21N3O3. The topological polar surface area (TPSA) is 72.4 Å². The van der Waals surface area contributed by atoms with E-state index in [0.29, 0.717) is 5.69 Å². The highest BCUT2D eigenvalue weighted by molar-refractivity contribution is 5.91.